The number of quaternary nitrogens is 1. The van der Waals surface area contributed by atoms with Crippen LogP contribution in [0, 0.1) is 0 Å². The summed E-state index contributed by atoms with van der Waals surface area (Å²) in [4.78, 5) is 0. The second-order valence-electron chi connectivity index (χ2n) is 2.36. The van der Waals surface area contributed by atoms with Crippen LogP contribution >= 0.6 is 15.9 Å². The second-order valence-corrected chi connectivity index (χ2v) is 3.27. The highest BCUT2D eigenvalue weighted by Crippen LogP contribution is 2.15. The molecule has 0 aliphatic rings. The van der Waals surface area contributed by atoms with Crippen molar-refractivity contribution in [3.63, 3.8) is 0 Å². The van der Waals surface area contributed by atoms with Crippen molar-refractivity contribution in [1.82, 2.24) is 0 Å². The fraction of sp³-hybridized carbons (Fsp3) is 0.250. The first-order valence-corrected chi connectivity index (χ1v) is 4.26. The Labute approximate surface area is 74.2 Å². The van der Waals surface area contributed by atoms with E-state index in [1.807, 2.05) is 24.3 Å². The lowest BCUT2D eigenvalue weighted by molar-refractivity contribution is -0.385. The summed E-state index contributed by atoms with van der Waals surface area (Å²) in [5.74, 6) is 0. The zero-order chi connectivity index (χ0) is 8.27. The van der Waals surface area contributed by atoms with Crippen molar-refractivity contribution in [1.29, 1.82) is 0 Å². The summed E-state index contributed by atoms with van der Waals surface area (Å²) >= 11 is 3.32. The lowest BCUT2D eigenvalue weighted by Crippen LogP contribution is -2.52. The molecule has 0 unspecified atom stereocenters. The highest BCUT2D eigenvalue weighted by molar-refractivity contribution is 9.10. The van der Waals surface area contributed by atoms with Gasteiger partial charge in [-0.1, -0.05) is 28.1 Å². The third-order valence-corrected chi connectivity index (χ3v) is 2.06. The van der Waals surface area contributed by atoms with Crippen molar-refractivity contribution in [2.45, 2.75) is 6.10 Å². The first-order valence-electron chi connectivity index (χ1n) is 3.47. The minimum atomic E-state index is -0.428. The monoisotopic (exact) mass is 216 g/mol. The molecule has 0 aliphatic heterocycles. The Balaban J connectivity index is 2.81. The number of halogens is 1. The van der Waals surface area contributed by atoms with E-state index < -0.39 is 6.10 Å². The predicted molar refractivity (Wildman–Crippen MR) is 46.9 cm³/mol. The van der Waals surface area contributed by atoms with E-state index in [0.29, 0.717) is 6.54 Å². The van der Waals surface area contributed by atoms with Crippen molar-refractivity contribution in [2.24, 2.45) is 0 Å². The molecular weight excluding hydrogens is 206 g/mol. The van der Waals surface area contributed by atoms with Crippen molar-refractivity contribution in [3.05, 3.63) is 34.3 Å². The average Bonchev–Trinajstić information content (AvgIpc) is 2.05. The molecule has 0 aliphatic carbocycles. The molecule has 11 heavy (non-hydrogen) atoms. The number of hydrogen-bond acceptors (Lipinski definition) is 1. The average molecular weight is 217 g/mol. The standard InChI is InChI=1S/C8H10BrNO/c9-7-3-1-6(2-4-7)8(11)5-10/h1-4,8,11H,5,10H2/p+1/t8-/m1/s1. The predicted octanol–water partition coefficient (Wildman–Crippen LogP) is 0.724. The Kier molecular flexibility index (Phi) is 3.05. The molecule has 0 bridgehead atoms. The van der Waals surface area contributed by atoms with Crippen molar-refractivity contribution < 1.29 is 10.8 Å². The van der Waals surface area contributed by atoms with Gasteiger partial charge in [-0.05, 0) is 17.7 Å². The maximum atomic E-state index is 9.34. The van der Waals surface area contributed by atoms with Crippen LogP contribution in [-0.2, 0) is 0 Å². The summed E-state index contributed by atoms with van der Waals surface area (Å²) in [5.41, 5.74) is 4.54. The van der Waals surface area contributed by atoms with Gasteiger partial charge in [-0.3, -0.25) is 0 Å². The van der Waals surface area contributed by atoms with E-state index in [1.54, 1.807) is 0 Å². The SMILES string of the molecule is [NH3+]C[C@@H](O)c1ccc(Br)cc1. The number of aliphatic hydroxyl groups excluding tert-OH is 1. The van der Waals surface area contributed by atoms with Crippen molar-refractivity contribution in [3.8, 4) is 0 Å². The second kappa shape index (κ2) is 3.85. The van der Waals surface area contributed by atoms with E-state index in [4.69, 9.17) is 0 Å². The molecular formula is C8H11BrNO+. The highest BCUT2D eigenvalue weighted by atomic mass is 79.9. The van der Waals surface area contributed by atoms with Gasteiger partial charge >= 0.3 is 0 Å². The molecule has 4 N–H and O–H groups in total. The van der Waals surface area contributed by atoms with Gasteiger partial charge in [0, 0.05) is 4.47 Å². The van der Waals surface area contributed by atoms with Gasteiger partial charge in [0.25, 0.3) is 0 Å². The molecule has 1 aromatic rings. The molecule has 3 heteroatoms. The van der Waals surface area contributed by atoms with Crippen LogP contribution in [0.5, 0.6) is 0 Å². The largest absolute Gasteiger partial charge is 0.382 e. The fourth-order valence-electron chi connectivity index (χ4n) is 0.852. The topological polar surface area (TPSA) is 47.9 Å². The third kappa shape index (κ3) is 2.29. The minimum absolute atomic E-state index is 0.428. The summed E-state index contributed by atoms with van der Waals surface area (Å²) in [6.45, 7) is 0.516. The lowest BCUT2D eigenvalue weighted by Gasteiger charge is -2.04. The van der Waals surface area contributed by atoms with E-state index in [-0.39, 0.29) is 0 Å². The van der Waals surface area contributed by atoms with Gasteiger partial charge in [-0.15, -0.1) is 0 Å². The first-order chi connectivity index (χ1) is 5.24. The fourth-order valence-corrected chi connectivity index (χ4v) is 1.12. The first kappa shape index (κ1) is 8.71. The van der Waals surface area contributed by atoms with E-state index in [0.717, 1.165) is 10.0 Å². The summed E-state index contributed by atoms with van der Waals surface area (Å²) in [6.07, 6.45) is -0.428. The van der Waals surface area contributed by atoms with E-state index in [9.17, 15) is 5.11 Å². The van der Waals surface area contributed by atoms with Gasteiger partial charge in [0.05, 0.1) is 0 Å². The number of benzene rings is 1. The molecule has 2 nitrogen and oxygen atoms in total. The van der Waals surface area contributed by atoms with Gasteiger partial charge in [-0.2, -0.15) is 0 Å². The van der Waals surface area contributed by atoms with Crippen LogP contribution in [0.2, 0.25) is 0 Å². The van der Waals surface area contributed by atoms with Crippen molar-refractivity contribution in [2.75, 3.05) is 6.54 Å². The van der Waals surface area contributed by atoms with Gasteiger partial charge < -0.3 is 10.8 Å². The van der Waals surface area contributed by atoms with Crippen LogP contribution in [0.4, 0.5) is 0 Å². The number of aliphatic hydroxyl groups is 1. The van der Waals surface area contributed by atoms with Gasteiger partial charge in [-0.25, -0.2) is 0 Å². The Morgan fingerprint density at radius 1 is 1.36 bits per heavy atom. The Bertz CT molecular complexity index is 222. The van der Waals surface area contributed by atoms with Gasteiger partial charge in [0.1, 0.15) is 12.6 Å². The quantitative estimate of drug-likeness (QED) is 0.753. The third-order valence-electron chi connectivity index (χ3n) is 1.53. The highest BCUT2D eigenvalue weighted by Gasteiger charge is 2.04. The summed E-state index contributed by atoms with van der Waals surface area (Å²) < 4.78 is 1.03. The molecule has 0 saturated heterocycles. The number of hydrogen-bond donors (Lipinski definition) is 2. The maximum absolute atomic E-state index is 9.34. The molecule has 1 atom stereocenters. The summed E-state index contributed by atoms with van der Waals surface area (Å²) in [6, 6.07) is 7.60. The van der Waals surface area contributed by atoms with Crippen LogP contribution in [0.15, 0.2) is 28.7 Å². The normalized spacial score (nSPS) is 13.0. The minimum Gasteiger partial charge on any atom is -0.382 e. The lowest BCUT2D eigenvalue weighted by atomic mass is 10.1. The summed E-state index contributed by atoms with van der Waals surface area (Å²) in [7, 11) is 0. The zero-order valence-electron chi connectivity index (χ0n) is 6.13. The van der Waals surface area contributed by atoms with E-state index >= 15 is 0 Å². The van der Waals surface area contributed by atoms with Gasteiger partial charge in [0.15, 0.2) is 0 Å². The molecule has 1 rings (SSSR count). The molecule has 0 spiro atoms. The smallest absolute Gasteiger partial charge is 0.128 e. The van der Waals surface area contributed by atoms with Crippen molar-refractivity contribution >= 4 is 15.9 Å². The summed E-state index contributed by atoms with van der Waals surface area (Å²) in [5, 5.41) is 9.34. The van der Waals surface area contributed by atoms with Crippen LogP contribution < -0.4 is 5.73 Å². The Morgan fingerprint density at radius 3 is 2.36 bits per heavy atom. The molecule has 60 valence electrons. The van der Waals surface area contributed by atoms with Crippen LogP contribution in [-0.4, -0.2) is 11.7 Å². The molecule has 0 radical (unpaired) electrons. The number of rotatable bonds is 2. The molecule has 0 fully saturated rings. The molecule has 0 aromatic heterocycles. The molecule has 0 amide bonds. The van der Waals surface area contributed by atoms with Gasteiger partial charge in [0.2, 0.25) is 0 Å². The van der Waals surface area contributed by atoms with E-state index in [1.165, 1.54) is 0 Å². The van der Waals surface area contributed by atoms with E-state index in [2.05, 4.69) is 21.7 Å². The molecule has 0 saturated carbocycles. The zero-order valence-corrected chi connectivity index (χ0v) is 7.71. The Morgan fingerprint density at radius 2 is 1.91 bits per heavy atom. The molecule has 1 aromatic carbocycles. The van der Waals surface area contributed by atoms with Crippen LogP contribution in [0.1, 0.15) is 11.7 Å². The maximum Gasteiger partial charge on any atom is 0.128 e. The molecule has 0 heterocycles. The van der Waals surface area contributed by atoms with Crippen LogP contribution in [0.3, 0.4) is 0 Å². The Hall–Kier alpha value is -0.380. The van der Waals surface area contributed by atoms with Crippen LogP contribution in [0.25, 0.3) is 0 Å².